The lowest BCUT2D eigenvalue weighted by molar-refractivity contribution is -0.0841. The van der Waals surface area contributed by atoms with Crippen LogP contribution in [0.3, 0.4) is 0 Å². The number of hydrogen-bond acceptors (Lipinski definition) is 5. The Kier molecular flexibility index (Phi) is 8.85. The number of nitrogens with zero attached hydrogens (tertiary/aromatic N) is 1. The molecule has 5 nitrogen and oxygen atoms in total. The molecule has 0 amide bonds. The van der Waals surface area contributed by atoms with E-state index in [-0.39, 0.29) is 29.5 Å². The van der Waals surface area contributed by atoms with Gasteiger partial charge in [-0.15, -0.1) is 0 Å². The first-order valence-electron chi connectivity index (χ1n) is 15.1. The van der Waals surface area contributed by atoms with Crippen molar-refractivity contribution in [1.82, 2.24) is 4.98 Å². The van der Waals surface area contributed by atoms with Gasteiger partial charge in [0, 0.05) is 34.0 Å². The van der Waals surface area contributed by atoms with E-state index >= 15 is 0 Å². The molecule has 4 unspecified atom stereocenters. The van der Waals surface area contributed by atoms with Gasteiger partial charge in [-0.1, -0.05) is 73.9 Å². The highest BCUT2D eigenvalue weighted by atomic mass is 16.6. The quantitative estimate of drug-likeness (QED) is 0.418. The van der Waals surface area contributed by atoms with E-state index in [0.717, 1.165) is 58.2 Å². The molecule has 0 radical (unpaired) electrons. The van der Waals surface area contributed by atoms with Crippen LogP contribution in [0.1, 0.15) is 134 Å². The van der Waals surface area contributed by atoms with Crippen LogP contribution in [0.25, 0.3) is 0 Å². The highest BCUT2D eigenvalue weighted by Gasteiger charge is 2.56. The first-order valence-corrected chi connectivity index (χ1v) is 15.1. The van der Waals surface area contributed by atoms with Crippen molar-refractivity contribution < 1.29 is 19.3 Å². The minimum absolute atomic E-state index is 0.0119. The molecule has 2 aromatic rings. The summed E-state index contributed by atoms with van der Waals surface area (Å²) in [6.07, 6.45) is 2.23. The van der Waals surface area contributed by atoms with Crippen LogP contribution in [0, 0.1) is 17.3 Å². The summed E-state index contributed by atoms with van der Waals surface area (Å²) in [6, 6.07) is 8.26. The second kappa shape index (κ2) is 11.5. The monoisotopic (exact) mass is 537 g/mol. The second-order valence-electron chi connectivity index (χ2n) is 13.7. The fourth-order valence-corrected chi connectivity index (χ4v) is 6.18. The minimum atomic E-state index is -0.563. The predicted molar refractivity (Wildman–Crippen MR) is 157 cm³/mol. The van der Waals surface area contributed by atoms with Crippen LogP contribution < -0.4 is 4.74 Å². The summed E-state index contributed by atoms with van der Waals surface area (Å²) in [6.45, 7) is 22.9. The van der Waals surface area contributed by atoms with Gasteiger partial charge in [0.1, 0.15) is 17.5 Å². The van der Waals surface area contributed by atoms with Crippen LogP contribution in [-0.4, -0.2) is 29.4 Å². The average molecular weight is 538 g/mol. The van der Waals surface area contributed by atoms with E-state index in [0.29, 0.717) is 13.2 Å². The molecule has 2 aliphatic heterocycles. The molecule has 1 aromatic carbocycles. The maximum atomic E-state index is 11.4. The van der Waals surface area contributed by atoms with Crippen molar-refractivity contribution in [2.45, 2.75) is 118 Å². The molecule has 4 atom stereocenters. The number of fused-ring (bicyclic) bond motifs is 4. The van der Waals surface area contributed by atoms with Gasteiger partial charge < -0.3 is 19.3 Å². The van der Waals surface area contributed by atoms with E-state index < -0.39 is 11.7 Å². The van der Waals surface area contributed by atoms with Gasteiger partial charge in [-0.2, -0.15) is 0 Å². The van der Waals surface area contributed by atoms with E-state index in [1.807, 2.05) is 26.0 Å². The van der Waals surface area contributed by atoms with Gasteiger partial charge in [0.2, 0.25) is 0 Å². The van der Waals surface area contributed by atoms with E-state index in [1.54, 1.807) is 0 Å². The number of ether oxygens (including phenoxy) is 3. The van der Waals surface area contributed by atoms with E-state index in [9.17, 15) is 5.11 Å². The lowest BCUT2D eigenvalue weighted by Gasteiger charge is -2.38. The normalized spacial score (nSPS) is 27.1. The molecule has 3 aliphatic rings. The maximum absolute atomic E-state index is 11.4. The lowest BCUT2D eigenvalue weighted by atomic mass is 9.69. The Bertz CT molecular complexity index is 1140. The lowest BCUT2D eigenvalue weighted by Crippen LogP contribution is -2.37. The van der Waals surface area contributed by atoms with Crippen LogP contribution in [0.5, 0.6) is 5.75 Å². The number of benzene rings is 1. The van der Waals surface area contributed by atoms with Gasteiger partial charge in [0.25, 0.3) is 0 Å². The molecule has 1 N–H and O–H groups in total. The minimum Gasteiger partial charge on any atom is -0.491 e. The van der Waals surface area contributed by atoms with E-state index in [2.05, 4.69) is 67.5 Å². The molecular formula is C34H51NO4. The maximum Gasteiger partial charge on any atom is 0.123 e. The Balaban J connectivity index is 0.000000648. The number of aliphatic hydroxyl groups excluding tert-OH is 1. The molecule has 216 valence electrons. The summed E-state index contributed by atoms with van der Waals surface area (Å²) in [5.41, 5.74) is 5.95. The smallest absolute Gasteiger partial charge is 0.123 e. The van der Waals surface area contributed by atoms with Gasteiger partial charge in [0.05, 0.1) is 25.4 Å². The number of aliphatic hydroxyl groups is 1. The van der Waals surface area contributed by atoms with Crippen molar-refractivity contribution in [2.75, 3.05) is 13.2 Å². The van der Waals surface area contributed by atoms with Gasteiger partial charge in [-0.05, 0) is 61.6 Å². The molecule has 1 aliphatic carbocycles. The third-order valence-electron chi connectivity index (χ3n) is 8.52. The van der Waals surface area contributed by atoms with Crippen molar-refractivity contribution in [3.63, 3.8) is 0 Å². The first kappa shape index (κ1) is 30.0. The van der Waals surface area contributed by atoms with Crippen molar-refractivity contribution in [2.24, 2.45) is 17.3 Å². The largest absolute Gasteiger partial charge is 0.491 e. The van der Waals surface area contributed by atoms with Crippen molar-refractivity contribution in [1.29, 1.82) is 0 Å². The van der Waals surface area contributed by atoms with Gasteiger partial charge in [-0.25, -0.2) is 0 Å². The summed E-state index contributed by atoms with van der Waals surface area (Å²) in [5.74, 6) is 2.17. The zero-order valence-corrected chi connectivity index (χ0v) is 25.9. The van der Waals surface area contributed by atoms with Crippen LogP contribution in [-0.2, 0) is 21.5 Å². The summed E-state index contributed by atoms with van der Waals surface area (Å²) in [5, 5.41) is 11.4. The second-order valence-corrected chi connectivity index (χ2v) is 13.7. The molecule has 1 fully saturated rings. The Hall–Kier alpha value is -1.95. The van der Waals surface area contributed by atoms with E-state index in [1.165, 1.54) is 6.42 Å². The molecule has 0 saturated carbocycles. The third-order valence-corrected chi connectivity index (χ3v) is 8.52. The Morgan fingerprint density at radius 3 is 2.21 bits per heavy atom. The SMILES string of the molecule is CC(C)Oc1ccc(C2OC3(COCC3C)c3c4c(nc(C(C)C)c32)CC(C)(C)CC4O)cc1.CCC(C)C. The van der Waals surface area contributed by atoms with E-state index in [4.69, 9.17) is 19.2 Å². The molecular weight excluding hydrogens is 486 g/mol. The molecule has 1 saturated heterocycles. The average Bonchev–Trinajstić information content (AvgIpc) is 3.38. The molecule has 5 heteroatoms. The Morgan fingerprint density at radius 1 is 1.05 bits per heavy atom. The number of aromatic nitrogens is 1. The number of rotatable bonds is 5. The van der Waals surface area contributed by atoms with Gasteiger partial charge >= 0.3 is 0 Å². The number of pyridine rings is 1. The van der Waals surface area contributed by atoms with Crippen molar-refractivity contribution in [3.8, 4) is 5.75 Å². The van der Waals surface area contributed by atoms with Crippen molar-refractivity contribution in [3.05, 3.63) is 57.9 Å². The first-order chi connectivity index (χ1) is 18.3. The summed E-state index contributed by atoms with van der Waals surface area (Å²) in [4.78, 5) is 5.24. The van der Waals surface area contributed by atoms with Gasteiger partial charge in [-0.3, -0.25) is 4.98 Å². The molecule has 39 heavy (non-hydrogen) atoms. The summed E-state index contributed by atoms with van der Waals surface area (Å²) >= 11 is 0. The highest BCUT2D eigenvalue weighted by molar-refractivity contribution is 5.55. The van der Waals surface area contributed by atoms with Crippen molar-refractivity contribution >= 4 is 0 Å². The standard InChI is InChI=1S/C29H39NO4.C5H12/c1-16(2)26-24-25(23-21(30-26)12-28(6,7)13-22(23)31)29(15-32-14-18(29)5)34-27(24)19-8-10-20(11-9-19)33-17(3)4;1-4-5(2)3/h8-11,16-18,22,27,31H,12-15H2,1-7H3;5H,4H2,1-3H3. The third kappa shape index (κ3) is 5.92. The topological polar surface area (TPSA) is 60.8 Å². The molecule has 3 heterocycles. The van der Waals surface area contributed by atoms with Gasteiger partial charge in [0.15, 0.2) is 0 Å². The molecule has 1 aromatic heterocycles. The predicted octanol–water partition coefficient (Wildman–Crippen LogP) is 8.03. The molecule has 5 rings (SSSR count). The fraction of sp³-hybridized carbons (Fsp3) is 0.676. The fourth-order valence-electron chi connectivity index (χ4n) is 6.18. The van der Waals surface area contributed by atoms with Crippen LogP contribution in [0.15, 0.2) is 24.3 Å². The summed E-state index contributed by atoms with van der Waals surface area (Å²) in [7, 11) is 0. The Labute approximate surface area is 236 Å². The summed E-state index contributed by atoms with van der Waals surface area (Å²) < 4.78 is 18.9. The van der Waals surface area contributed by atoms with Crippen LogP contribution >= 0.6 is 0 Å². The van der Waals surface area contributed by atoms with Crippen LogP contribution in [0.2, 0.25) is 0 Å². The zero-order chi connectivity index (χ0) is 28.7. The molecule has 1 spiro atoms. The zero-order valence-electron chi connectivity index (χ0n) is 25.9. The highest BCUT2D eigenvalue weighted by Crippen LogP contribution is 2.58. The van der Waals surface area contributed by atoms with Crippen LogP contribution in [0.4, 0.5) is 0 Å². The molecule has 0 bridgehead atoms. The number of hydrogen-bond donors (Lipinski definition) is 1. The Morgan fingerprint density at radius 2 is 1.69 bits per heavy atom.